The lowest BCUT2D eigenvalue weighted by atomic mass is 10.0. The van der Waals surface area contributed by atoms with Gasteiger partial charge in [-0.05, 0) is 25.7 Å². The van der Waals surface area contributed by atoms with Crippen LogP contribution in [0.5, 0.6) is 0 Å². The zero-order chi connectivity index (χ0) is 43.7. The summed E-state index contributed by atoms with van der Waals surface area (Å²) in [6.45, 7) is 4.94. The van der Waals surface area contributed by atoms with E-state index in [4.69, 9.17) is 4.74 Å². The predicted molar refractivity (Wildman–Crippen MR) is 260 cm³/mol. The molecular weight excluding hydrogens is 743 g/mol. The Morgan fingerprint density at radius 2 is 0.683 bits per heavy atom. The third-order valence-corrected chi connectivity index (χ3v) is 12.9. The molecule has 0 aliphatic carbocycles. The third kappa shape index (κ3) is 46.4. The van der Waals surface area contributed by atoms with E-state index in [2.05, 4.69) is 19.2 Å². The van der Waals surface area contributed by atoms with Crippen LogP contribution < -0.4 is 5.32 Å². The second-order valence-corrected chi connectivity index (χ2v) is 18.9. The summed E-state index contributed by atoms with van der Waals surface area (Å²) in [5, 5.41) is 23.2. The van der Waals surface area contributed by atoms with Gasteiger partial charge in [0, 0.05) is 12.8 Å². The van der Waals surface area contributed by atoms with Crippen LogP contribution in [0.4, 0.5) is 0 Å². The number of nitrogens with one attached hydrogen (secondary N) is 1. The number of ether oxygens (including phenoxy) is 1. The van der Waals surface area contributed by atoms with Crippen LogP contribution in [-0.2, 0) is 14.3 Å². The lowest BCUT2D eigenvalue weighted by molar-refractivity contribution is -0.143. The predicted octanol–water partition coefficient (Wildman–Crippen LogP) is 16.4. The van der Waals surface area contributed by atoms with Crippen molar-refractivity contribution in [2.24, 2.45) is 0 Å². The highest BCUT2D eigenvalue weighted by atomic mass is 16.5. The molecule has 358 valence electrons. The summed E-state index contributed by atoms with van der Waals surface area (Å²) >= 11 is 0. The monoisotopic (exact) mass is 850 g/mol. The van der Waals surface area contributed by atoms with E-state index >= 15 is 0 Å². The maximum atomic E-state index is 12.5. The lowest BCUT2D eigenvalue weighted by Gasteiger charge is -2.22. The molecule has 3 N–H and O–H groups in total. The smallest absolute Gasteiger partial charge is 0.305 e. The van der Waals surface area contributed by atoms with Crippen LogP contribution in [-0.4, -0.2) is 47.4 Å². The Kier molecular flexibility index (Phi) is 49.5. The summed E-state index contributed by atoms with van der Waals surface area (Å²) < 4.78 is 5.47. The summed E-state index contributed by atoms with van der Waals surface area (Å²) in [5.41, 5.74) is 0. The minimum atomic E-state index is -0.675. The van der Waals surface area contributed by atoms with Crippen molar-refractivity contribution in [3.63, 3.8) is 0 Å². The highest BCUT2D eigenvalue weighted by Crippen LogP contribution is 2.17. The molecule has 0 radical (unpaired) electrons. The molecule has 0 aromatic heterocycles. The average Bonchev–Trinajstić information content (AvgIpc) is 3.25. The second-order valence-electron chi connectivity index (χ2n) is 18.9. The number of hydrogen-bond acceptors (Lipinski definition) is 5. The van der Waals surface area contributed by atoms with Crippen molar-refractivity contribution in [2.45, 2.75) is 321 Å². The van der Waals surface area contributed by atoms with Crippen molar-refractivity contribution in [1.82, 2.24) is 5.32 Å². The van der Waals surface area contributed by atoms with Gasteiger partial charge >= 0.3 is 5.97 Å². The van der Waals surface area contributed by atoms with Gasteiger partial charge in [-0.1, -0.05) is 271 Å². The van der Waals surface area contributed by atoms with Gasteiger partial charge < -0.3 is 20.3 Å². The molecule has 0 aromatic carbocycles. The molecule has 0 saturated heterocycles. The minimum Gasteiger partial charge on any atom is -0.466 e. The van der Waals surface area contributed by atoms with E-state index in [0.717, 1.165) is 57.8 Å². The Bertz CT molecular complexity index is 852. The van der Waals surface area contributed by atoms with Gasteiger partial charge in [0.05, 0.1) is 25.4 Å². The van der Waals surface area contributed by atoms with Crippen molar-refractivity contribution in [3.8, 4) is 0 Å². The van der Waals surface area contributed by atoms with Gasteiger partial charge in [0.15, 0.2) is 0 Å². The fourth-order valence-corrected chi connectivity index (χ4v) is 8.70. The largest absolute Gasteiger partial charge is 0.466 e. The first-order valence-corrected chi connectivity index (χ1v) is 27.3. The van der Waals surface area contributed by atoms with Crippen LogP contribution in [0.3, 0.4) is 0 Å². The number of unbranched alkanes of at least 4 members (excludes halogenated alkanes) is 40. The quantitative estimate of drug-likeness (QED) is 0.0418. The maximum Gasteiger partial charge on any atom is 0.305 e. The zero-order valence-corrected chi connectivity index (χ0v) is 40.7. The van der Waals surface area contributed by atoms with Gasteiger partial charge in [0.2, 0.25) is 5.91 Å². The molecule has 0 bridgehead atoms. The zero-order valence-electron chi connectivity index (χ0n) is 40.7. The van der Waals surface area contributed by atoms with Crippen molar-refractivity contribution in [2.75, 3.05) is 13.2 Å². The average molecular weight is 850 g/mol. The molecule has 6 nitrogen and oxygen atoms in total. The fraction of sp³-hybridized carbons (Fsp3) is 0.963. The molecule has 0 aliphatic rings. The molecule has 60 heavy (non-hydrogen) atoms. The number of carbonyl (C=O) groups is 2. The van der Waals surface area contributed by atoms with Gasteiger partial charge in [-0.2, -0.15) is 0 Å². The van der Waals surface area contributed by atoms with Crippen molar-refractivity contribution in [3.05, 3.63) is 0 Å². The number of esters is 1. The molecule has 6 heteroatoms. The van der Waals surface area contributed by atoms with E-state index in [0.29, 0.717) is 25.9 Å². The molecule has 0 fully saturated rings. The fourth-order valence-electron chi connectivity index (χ4n) is 8.70. The molecule has 0 saturated carbocycles. The SMILES string of the molecule is CCCCCCCCCCCCCCCCCCC(=O)OCCCCCCCCCCCCCC(=O)NC(CO)C(O)CCCCCCCCCCCCCCCCCC. The van der Waals surface area contributed by atoms with Crippen LogP contribution in [0.2, 0.25) is 0 Å². The van der Waals surface area contributed by atoms with E-state index in [9.17, 15) is 19.8 Å². The number of rotatable bonds is 51. The van der Waals surface area contributed by atoms with Gasteiger partial charge in [0.25, 0.3) is 0 Å². The van der Waals surface area contributed by atoms with E-state index in [1.807, 2.05) is 0 Å². The highest BCUT2D eigenvalue weighted by Gasteiger charge is 2.20. The molecule has 0 spiro atoms. The topological polar surface area (TPSA) is 95.9 Å². The molecule has 2 unspecified atom stereocenters. The number of hydrogen-bond donors (Lipinski definition) is 3. The Morgan fingerprint density at radius 1 is 0.400 bits per heavy atom. The normalized spacial score (nSPS) is 12.5. The van der Waals surface area contributed by atoms with Gasteiger partial charge in [0.1, 0.15) is 0 Å². The van der Waals surface area contributed by atoms with Crippen LogP contribution in [0.1, 0.15) is 309 Å². The van der Waals surface area contributed by atoms with Crippen molar-refractivity contribution >= 4 is 11.9 Å². The lowest BCUT2D eigenvalue weighted by Crippen LogP contribution is -2.45. The highest BCUT2D eigenvalue weighted by molar-refractivity contribution is 5.76. The van der Waals surface area contributed by atoms with Crippen LogP contribution in [0, 0.1) is 0 Å². The molecule has 0 aliphatic heterocycles. The summed E-state index contributed by atoms with van der Waals surface area (Å²) in [6.07, 6.45) is 56.4. The molecule has 0 heterocycles. The standard InChI is InChI=1S/C54H107NO5/c1-3-5-7-9-11-13-15-17-19-21-23-26-30-34-38-42-46-52(57)51(50-56)55-53(58)47-43-39-35-31-27-25-29-33-37-41-45-49-60-54(59)48-44-40-36-32-28-24-22-20-18-16-14-12-10-8-6-4-2/h51-52,56-57H,3-50H2,1-2H3,(H,55,58). The number of aliphatic hydroxyl groups excluding tert-OH is 2. The summed E-state index contributed by atoms with van der Waals surface area (Å²) in [5.74, 6) is -0.0599. The molecule has 0 aromatic rings. The second kappa shape index (κ2) is 50.5. The molecule has 1 amide bonds. The van der Waals surface area contributed by atoms with Crippen LogP contribution in [0.25, 0.3) is 0 Å². The first-order valence-electron chi connectivity index (χ1n) is 27.3. The van der Waals surface area contributed by atoms with Gasteiger partial charge in [-0.25, -0.2) is 0 Å². The summed E-state index contributed by atoms with van der Waals surface area (Å²) in [7, 11) is 0. The van der Waals surface area contributed by atoms with E-state index in [1.54, 1.807) is 0 Å². The first kappa shape index (κ1) is 58.9. The molecule has 0 rings (SSSR count). The van der Waals surface area contributed by atoms with Crippen LogP contribution in [0.15, 0.2) is 0 Å². The Balaban J connectivity index is 3.44. The van der Waals surface area contributed by atoms with Gasteiger partial charge in [-0.3, -0.25) is 9.59 Å². The Labute approximate surface area is 375 Å². The minimum absolute atomic E-state index is 0.00922. The summed E-state index contributed by atoms with van der Waals surface area (Å²) in [6, 6.07) is -0.553. The van der Waals surface area contributed by atoms with Gasteiger partial charge in [-0.15, -0.1) is 0 Å². The first-order chi connectivity index (χ1) is 29.5. The maximum absolute atomic E-state index is 12.5. The number of amides is 1. The number of aliphatic hydroxyl groups is 2. The molecular formula is C54H107NO5. The molecule has 2 atom stereocenters. The van der Waals surface area contributed by atoms with E-state index in [1.165, 1.54) is 218 Å². The van der Waals surface area contributed by atoms with E-state index < -0.39 is 12.1 Å². The van der Waals surface area contributed by atoms with Crippen molar-refractivity contribution in [1.29, 1.82) is 0 Å². The third-order valence-electron chi connectivity index (χ3n) is 12.9. The van der Waals surface area contributed by atoms with Crippen LogP contribution >= 0.6 is 0 Å². The van der Waals surface area contributed by atoms with E-state index in [-0.39, 0.29) is 18.5 Å². The Hall–Kier alpha value is -1.14. The Morgan fingerprint density at radius 3 is 1.02 bits per heavy atom. The van der Waals surface area contributed by atoms with Crippen molar-refractivity contribution < 1.29 is 24.5 Å². The number of carbonyl (C=O) groups excluding carboxylic acids is 2. The summed E-state index contributed by atoms with van der Waals surface area (Å²) in [4.78, 5) is 24.5.